The zero-order chi connectivity index (χ0) is 13.6. The summed E-state index contributed by atoms with van der Waals surface area (Å²) >= 11 is 0. The number of nitrogens with two attached hydrogens (primary N) is 1. The molecule has 0 aromatic rings. The van der Waals surface area contributed by atoms with Gasteiger partial charge in [-0.1, -0.05) is 0 Å². The van der Waals surface area contributed by atoms with Crippen LogP contribution in [0.3, 0.4) is 0 Å². The molecule has 0 spiro atoms. The first-order chi connectivity index (χ1) is 8.45. The Bertz CT molecular complexity index is 383. The molecule has 0 bridgehead atoms. The molecule has 0 radical (unpaired) electrons. The summed E-state index contributed by atoms with van der Waals surface area (Å²) in [6.45, 7) is 3.82. The molecule has 0 aromatic heterocycles. The quantitative estimate of drug-likeness (QED) is 0.478. The Morgan fingerprint density at radius 2 is 2.33 bits per heavy atom. The Kier molecular flexibility index (Phi) is 5.83. The zero-order valence-corrected chi connectivity index (χ0v) is 11.7. The SMILES string of the molecule is COCC(C)NC(N)=NCCN1CCCS1(=O)=O. The number of nitrogens with zero attached hydrogens (tertiary/aromatic N) is 2. The van der Waals surface area contributed by atoms with Gasteiger partial charge in [0.05, 0.1) is 18.9 Å². The highest BCUT2D eigenvalue weighted by atomic mass is 32.2. The van der Waals surface area contributed by atoms with Crippen LogP contribution >= 0.6 is 0 Å². The molecule has 18 heavy (non-hydrogen) atoms. The van der Waals surface area contributed by atoms with E-state index in [1.807, 2.05) is 6.92 Å². The summed E-state index contributed by atoms with van der Waals surface area (Å²) in [5.41, 5.74) is 5.67. The minimum Gasteiger partial charge on any atom is -0.383 e. The molecular formula is C10H22N4O3S. The Labute approximate surface area is 108 Å². The number of ether oxygens (including phenoxy) is 1. The van der Waals surface area contributed by atoms with Gasteiger partial charge in [-0.15, -0.1) is 0 Å². The number of hydrogen-bond donors (Lipinski definition) is 2. The maximum Gasteiger partial charge on any atom is 0.214 e. The predicted octanol–water partition coefficient (Wildman–Crippen LogP) is -1.04. The third-order valence-electron chi connectivity index (χ3n) is 2.65. The van der Waals surface area contributed by atoms with E-state index in [4.69, 9.17) is 10.5 Å². The third kappa shape index (κ3) is 4.79. The largest absolute Gasteiger partial charge is 0.383 e. The minimum atomic E-state index is -3.03. The summed E-state index contributed by atoms with van der Waals surface area (Å²) in [7, 11) is -1.42. The first kappa shape index (κ1) is 15.2. The lowest BCUT2D eigenvalue weighted by molar-refractivity contribution is 0.179. The summed E-state index contributed by atoms with van der Waals surface area (Å²) in [4.78, 5) is 4.10. The van der Waals surface area contributed by atoms with Crippen LogP contribution in [-0.4, -0.2) is 63.8 Å². The van der Waals surface area contributed by atoms with Gasteiger partial charge >= 0.3 is 0 Å². The second-order valence-corrected chi connectivity index (χ2v) is 6.42. The summed E-state index contributed by atoms with van der Waals surface area (Å²) in [6, 6.07) is 0.0780. The lowest BCUT2D eigenvalue weighted by Gasteiger charge is -2.14. The number of nitrogens with one attached hydrogen (secondary N) is 1. The molecule has 0 aliphatic carbocycles. The molecule has 1 heterocycles. The molecule has 1 aliphatic heterocycles. The average molecular weight is 278 g/mol. The van der Waals surface area contributed by atoms with E-state index in [1.54, 1.807) is 7.11 Å². The monoisotopic (exact) mass is 278 g/mol. The number of guanidine groups is 1. The van der Waals surface area contributed by atoms with Gasteiger partial charge < -0.3 is 15.8 Å². The minimum absolute atomic E-state index is 0.0780. The van der Waals surface area contributed by atoms with Gasteiger partial charge in [-0.2, -0.15) is 0 Å². The molecule has 1 fully saturated rings. The van der Waals surface area contributed by atoms with Gasteiger partial charge in [0.15, 0.2) is 5.96 Å². The molecule has 0 amide bonds. The van der Waals surface area contributed by atoms with E-state index in [1.165, 1.54) is 4.31 Å². The fourth-order valence-electron chi connectivity index (χ4n) is 1.81. The topological polar surface area (TPSA) is 97.0 Å². The second kappa shape index (κ2) is 6.91. The standard InChI is InChI=1S/C10H22N4O3S/c1-9(8-17-2)13-10(11)12-4-6-14-5-3-7-18(14,15)16/h9H,3-8H2,1-2H3,(H3,11,12,13). The van der Waals surface area contributed by atoms with Crippen molar-refractivity contribution in [2.24, 2.45) is 10.7 Å². The maximum atomic E-state index is 11.5. The van der Waals surface area contributed by atoms with E-state index in [0.29, 0.717) is 38.6 Å². The second-order valence-electron chi connectivity index (χ2n) is 4.34. The first-order valence-corrected chi connectivity index (χ1v) is 7.60. The Hall–Kier alpha value is -0.860. The van der Waals surface area contributed by atoms with E-state index < -0.39 is 10.0 Å². The van der Waals surface area contributed by atoms with E-state index in [0.717, 1.165) is 0 Å². The first-order valence-electron chi connectivity index (χ1n) is 5.99. The zero-order valence-electron chi connectivity index (χ0n) is 10.9. The number of aliphatic imine (C=N–C) groups is 1. The van der Waals surface area contributed by atoms with Gasteiger partial charge in [0.2, 0.25) is 10.0 Å². The molecule has 0 saturated carbocycles. The fraction of sp³-hybridized carbons (Fsp3) is 0.900. The highest BCUT2D eigenvalue weighted by Gasteiger charge is 2.27. The molecule has 1 atom stereocenters. The van der Waals surface area contributed by atoms with Crippen molar-refractivity contribution < 1.29 is 13.2 Å². The van der Waals surface area contributed by atoms with Crippen molar-refractivity contribution in [2.75, 3.05) is 39.1 Å². The molecule has 1 saturated heterocycles. The van der Waals surface area contributed by atoms with Gasteiger partial charge in [-0.05, 0) is 13.3 Å². The molecule has 1 aliphatic rings. The van der Waals surface area contributed by atoms with Crippen LogP contribution in [0.1, 0.15) is 13.3 Å². The number of methoxy groups -OCH3 is 1. The van der Waals surface area contributed by atoms with Crippen LogP contribution in [0.5, 0.6) is 0 Å². The van der Waals surface area contributed by atoms with E-state index in [-0.39, 0.29) is 11.8 Å². The fourth-order valence-corrected chi connectivity index (χ4v) is 3.33. The van der Waals surface area contributed by atoms with Crippen LogP contribution in [0.15, 0.2) is 4.99 Å². The van der Waals surface area contributed by atoms with E-state index in [9.17, 15) is 8.42 Å². The average Bonchev–Trinajstić information content (AvgIpc) is 2.58. The van der Waals surface area contributed by atoms with Crippen molar-refractivity contribution in [1.29, 1.82) is 0 Å². The number of rotatable bonds is 6. The van der Waals surface area contributed by atoms with Crippen LogP contribution in [0.25, 0.3) is 0 Å². The van der Waals surface area contributed by atoms with Crippen molar-refractivity contribution in [1.82, 2.24) is 9.62 Å². The number of hydrogen-bond acceptors (Lipinski definition) is 4. The van der Waals surface area contributed by atoms with E-state index in [2.05, 4.69) is 10.3 Å². The Morgan fingerprint density at radius 3 is 2.89 bits per heavy atom. The van der Waals surface area contributed by atoms with Crippen molar-refractivity contribution in [2.45, 2.75) is 19.4 Å². The summed E-state index contributed by atoms with van der Waals surface area (Å²) in [6.07, 6.45) is 0.699. The lowest BCUT2D eigenvalue weighted by atomic mass is 10.4. The normalized spacial score (nSPS) is 22.0. The summed E-state index contributed by atoms with van der Waals surface area (Å²) in [5, 5.41) is 2.96. The highest BCUT2D eigenvalue weighted by molar-refractivity contribution is 7.89. The van der Waals surface area contributed by atoms with Gasteiger partial charge in [0.25, 0.3) is 0 Å². The van der Waals surface area contributed by atoms with Crippen LogP contribution in [0, 0.1) is 0 Å². The molecule has 8 heteroatoms. The molecule has 1 unspecified atom stereocenters. The van der Waals surface area contributed by atoms with Gasteiger partial charge in [-0.3, -0.25) is 4.99 Å². The molecule has 7 nitrogen and oxygen atoms in total. The molecular weight excluding hydrogens is 256 g/mol. The lowest BCUT2D eigenvalue weighted by Crippen LogP contribution is -2.41. The predicted molar refractivity (Wildman–Crippen MR) is 70.9 cm³/mol. The van der Waals surface area contributed by atoms with Crippen molar-refractivity contribution in [3.05, 3.63) is 0 Å². The van der Waals surface area contributed by atoms with Gasteiger partial charge in [0, 0.05) is 26.2 Å². The van der Waals surface area contributed by atoms with Crippen LogP contribution in [-0.2, 0) is 14.8 Å². The van der Waals surface area contributed by atoms with Crippen LogP contribution in [0.2, 0.25) is 0 Å². The molecule has 3 N–H and O–H groups in total. The van der Waals surface area contributed by atoms with E-state index >= 15 is 0 Å². The molecule has 106 valence electrons. The van der Waals surface area contributed by atoms with Crippen molar-refractivity contribution in [3.63, 3.8) is 0 Å². The van der Waals surface area contributed by atoms with Crippen LogP contribution in [0.4, 0.5) is 0 Å². The summed E-state index contributed by atoms with van der Waals surface area (Å²) < 4.78 is 29.4. The van der Waals surface area contributed by atoms with Crippen molar-refractivity contribution in [3.8, 4) is 0 Å². The van der Waals surface area contributed by atoms with Gasteiger partial charge in [0.1, 0.15) is 0 Å². The number of sulfonamides is 1. The van der Waals surface area contributed by atoms with Crippen molar-refractivity contribution >= 4 is 16.0 Å². The maximum absolute atomic E-state index is 11.5. The Balaban J connectivity index is 2.31. The van der Waals surface area contributed by atoms with Gasteiger partial charge in [-0.25, -0.2) is 12.7 Å². The molecule has 0 aromatic carbocycles. The molecule has 1 rings (SSSR count). The van der Waals surface area contributed by atoms with Crippen LogP contribution < -0.4 is 11.1 Å². The summed E-state index contributed by atoms with van der Waals surface area (Å²) in [5.74, 6) is 0.561. The third-order valence-corrected chi connectivity index (χ3v) is 4.60. The highest BCUT2D eigenvalue weighted by Crippen LogP contribution is 2.11. The smallest absolute Gasteiger partial charge is 0.214 e. The Morgan fingerprint density at radius 1 is 1.61 bits per heavy atom.